The molecule has 0 atom stereocenters. The average molecular weight is 269 g/mol. The Kier molecular flexibility index (Phi) is 2.69. The van der Waals surface area contributed by atoms with Gasteiger partial charge < -0.3 is 0 Å². The first-order chi connectivity index (χ1) is 6.79. The first kappa shape index (κ1) is 9.48. The third-order valence-electron chi connectivity index (χ3n) is 1.59. The Bertz CT molecular complexity index is 469. The van der Waals surface area contributed by atoms with Crippen LogP contribution in [-0.2, 0) is 0 Å². The molecule has 14 heavy (non-hydrogen) atoms. The largest absolute Gasteiger partial charge is 0.297 e. The number of aromatic nitrogens is 2. The van der Waals surface area contributed by atoms with Gasteiger partial charge in [0, 0.05) is 28.6 Å². The van der Waals surface area contributed by atoms with Crippen LogP contribution in [0.5, 0.6) is 0 Å². The van der Waals surface area contributed by atoms with Gasteiger partial charge in [-0.25, -0.2) is 4.98 Å². The SMILES string of the molecule is O=Cc1cnc(-c2cncc(Br)c2)s1. The number of rotatable bonds is 2. The summed E-state index contributed by atoms with van der Waals surface area (Å²) in [5.41, 5.74) is 0.914. The van der Waals surface area contributed by atoms with Gasteiger partial charge in [-0.2, -0.15) is 0 Å². The molecule has 2 aromatic rings. The summed E-state index contributed by atoms with van der Waals surface area (Å²) in [5.74, 6) is 0. The van der Waals surface area contributed by atoms with Crippen LogP contribution >= 0.6 is 27.3 Å². The van der Waals surface area contributed by atoms with Crippen molar-refractivity contribution in [1.82, 2.24) is 9.97 Å². The van der Waals surface area contributed by atoms with Crippen LogP contribution in [0.15, 0.2) is 29.1 Å². The predicted molar refractivity (Wildman–Crippen MR) is 58.4 cm³/mol. The molecule has 0 saturated carbocycles. The van der Waals surface area contributed by atoms with Crippen molar-refractivity contribution in [3.05, 3.63) is 34.0 Å². The van der Waals surface area contributed by atoms with E-state index in [2.05, 4.69) is 25.9 Å². The zero-order valence-electron chi connectivity index (χ0n) is 6.98. The second-order valence-electron chi connectivity index (χ2n) is 2.58. The van der Waals surface area contributed by atoms with Crippen LogP contribution in [-0.4, -0.2) is 16.3 Å². The molecule has 0 N–H and O–H groups in total. The summed E-state index contributed by atoms with van der Waals surface area (Å²) in [7, 11) is 0. The number of pyridine rings is 1. The fourth-order valence-corrected chi connectivity index (χ4v) is 2.08. The molecule has 0 fully saturated rings. The van der Waals surface area contributed by atoms with Crippen LogP contribution in [0.3, 0.4) is 0 Å². The number of hydrogen-bond acceptors (Lipinski definition) is 4. The number of nitrogens with zero attached hydrogens (tertiary/aromatic N) is 2. The fourth-order valence-electron chi connectivity index (χ4n) is 1.00. The highest BCUT2D eigenvalue weighted by Gasteiger charge is 2.04. The van der Waals surface area contributed by atoms with Crippen LogP contribution < -0.4 is 0 Å². The lowest BCUT2D eigenvalue weighted by molar-refractivity contribution is 0.112. The van der Waals surface area contributed by atoms with Gasteiger partial charge in [0.25, 0.3) is 0 Å². The van der Waals surface area contributed by atoms with Crippen molar-refractivity contribution in [3.8, 4) is 10.6 Å². The highest BCUT2D eigenvalue weighted by Crippen LogP contribution is 2.25. The molecule has 0 saturated heterocycles. The highest BCUT2D eigenvalue weighted by atomic mass is 79.9. The molecule has 70 valence electrons. The van der Waals surface area contributed by atoms with E-state index in [1.54, 1.807) is 18.6 Å². The second-order valence-corrected chi connectivity index (χ2v) is 4.56. The van der Waals surface area contributed by atoms with Crippen molar-refractivity contribution in [3.63, 3.8) is 0 Å². The number of thiazole rings is 1. The summed E-state index contributed by atoms with van der Waals surface area (Å²) < 4.78 is 0.901. The van der Waals surface area contributed by atoms with Gasteiger partial charge in [0.15, 0.2) is 6.29 Å². The van der Waals surface area contributed by atoms with E-state index >= 15 is 0 Å². The van der Waals surface area contributed by atoms with E-state index in [1.165, 1.54) is 11.3 Å². The lowest BCUT2D eigenvalue weighted by Gasteiger charge is -1.94. The molecule has 5 heteroatoms. The molecule has 0 aliphatic carbocycles. The monoisotopic (exact) mass is 268 g/mol. The lowest BCUT2D eigenvalue weighted by atomic mass is 10.3. The first-order valence-electron chi connectivity index (χ1n) is 3.81. The summed E-state index contributed by atoms with van der Waals surface area (Å²) in [6.45, 7) is 0. The van der Waals surface area contributed by atoms with Gasteiger partial charge in [0.1, 0.15) is 5.01 Å². The van der Waals surface area contributed by atoms with Crippen molar-refractivity contribution in [2.45, 2.75) is 0 Å². The Morgan fingerprint density at radius 1 is 1.36 bits per heavy atom. The van der Waals surface area contributed by atoms with E-state index in [0.29, 0.717) is 4.88 Å². The van der Waals surface area contributed by atoms with Crippen LogP contribution in [0.2, 0.25) is 0 Å². The molecule has 0 aliphatic heterocycles. The summed E-state index contributed by atoms with van der Waals surface area (Å²) in [4.78, 5) is 19.2. The maximum absolute atomic E-state index is 10.5. The van der Waals surface area contributed by atoms with Gasteiger partial charge in [-0.15, -0.1) is 11.3 Å². The van der Waals surface area contributed by atoms with Crippen LogP contribution in [0.1, 0.15) is 9.67 Å². The first-order valence-corrected chi connectivity index (χ1v) is 5.42. The second kappa shape index (κ2) is 3.98. The minimum Gasteiger partial charge on any atom is -0.297 e. The minimum atomic E-state index is 0.625. The Hall–Kier alpha value is -1.07. The molecule has 2 aromatic heterocycles. The van der Waals surface area contributed by atoms with Gasteiger partial charge in [-0.1, -0.05) is 0 Å². The molecule has 0 radical (unpaired) electrons. The molecule has 0 aliphatic rings. The van der Waals surface area contributed by atoms with E-state index in [-0.39, 0.29) is 0 Å². The maximum atomic E-state index is 10.5. The van der Waals surface area contributed by atoms with Crippen LogP contribution in [0, 0.1) is 0 Å². The van der Waals surface area contributed by atoms with Gasteiger partial charge in [-0.3, -0.25) is 9.78 Å². The number of carbonyl (C=O) groups excluding carboxylic acids is 1. The minimum absolute atomic E-state index is 0.625. The summed E-state index contributed by atoms with van der Waals surface area (Å²) in [5, 5.41) is 0.806. The molecule has 3 nitrogen and oxygen atoms in total. The molecule has 2 rings (SSSR count). The number of carbonyl (C=O) groups is 1. The Balaban J connectivity index is 2.43. The van der Waals surface area contributed by atoms with Gasteiger partial charge in [0.2, 0.25) is 0 Å². The predicted octanol–water partition coefficient (Wildman–Crippen LogP) is 2.78. The van der Waals surface area contributed by atoms with E-state index in [9.17, 15) is 4.79 Å². The smallest absolute Gasteiger partial charge is 0.161 e. The summed E-state index contributed by atoms with van der Waals surface area (Å²) in [6, 6.07) is 1.92. The number of halogens is 1. The van der Waals surface area contributed by atoms with Crippen molar-refractivity contribution >= 4 is 33.6 Å². The van der Waals surface area contributed by atoms with Crippen molar-refractivity contribution < 1.29 is 4.79 Å². The fraction of sp³-hybridized carbons (Fsp3) is 0. The maximum Gasteiger partial charge on any atom is 0.161 e. The molecular formula is C9H5BrN2OS. The molecule has 0 bridgehead atoms. The molecule has 0 amide bonds. The van der Waals surface area contributed by atoms with Crippen molar-refractivity contribution in [2.75, 3.05) is 0 Å². The summed E-state index contributed by atoms with van der Waals surface area (Å²) in [6.07, 6.45) is 5.79. The molecule has 0 unspecified atom stereocenters. The number of aldehydes is 1. The third kappa shape index (κ3) is 1.88. The van der Waals surface area contributed by atoms with Gasteiger partial charge in [-0.05, 0) is 22.0 Å². The van der Waals surface area contributed by atoms with E-state index in [0.717, 1.165) is 21.3 Å². The Labute approximate surface area is 93.0 Å². The highest BCUT2D eigenvalue weighted by molar-refractivity contribution is 9.10. The van der Waals surface area contributed by atoms with Gasteiger partial charge in [0.05, 0.1) is 4.88 Å². The summed E-state index contributed by atoms with van der Waals surface area (Å²) >= 11 is 4.68. The molecule has 0 aromatic carbocycles. The quantitative estimate of drug-likeness (QED) is 0.787. The Morgan fingerprint density at radius 2 is 2.21 bits per heavy atom. The van der Waals surface area contributed by atoms with E-state index in [1.807, 2.05) is 6.07 Å². The van der Waals surface area contributed by atoms with Crippen molar-refractivity contribution in [1.29, 1.82) is 0 Å². The van der Waals surface area contributed by atoms with Crippen LogP contribution in [0.25, 0.3) is 10.6 Å². The third-order valence-corrected chi connectivity index (χ3v) is 3.00. The number of hydrogen-bond donors (Lipinski definition) is 0. The van der Waals surface area contributed by atoms with Crippen molar-refractivity contribution in [2.24, 2.45) is 0 Å². The molecule has 2 heterocycles. The molecule has 0 spiro atoms. The van der Waals surface area contributed by atoms with Gasteiger partial charge >= 0.3 is 0 Å². The normalized spacial score (nSPS) is 10.1. The standard InChI is InChI=1S/C9H5BrN2OS/c10-7-1-6(2-11-3-7)9-12-4-8(5-13)14-9/h1-5H. The zero-order chi connectivity index (χ0) is 9.97. The lowest BCUT2D eigenvalue weighted by Crippen LogP contribution is -1.77. The molecular weight excluding hydrogens is 264 g/mol. The average Bonchev–Trinajstić information content (AvgIpc) is 2.66. The van der Waals surface area contributed by atoms with E-state index in [4.69, 9.17) is 0 Å². The zero-order valence-corrected chi connectivity index (χ0v) is 9.38. The van der Waals surface area contributed by atoms with E-state index < -0.39 is 0 Å². The Morgan fingerprint density at radius 3 is 2.86 bits per heavy atom. The van der Waals surface area contributed by atoms with Crippen LogP contribution in [0.4, 0.5) is 0 Å². The topological polar surface area (TPSA) is 42.9 Å².